The average molecular weight is 605 g/mol. The summed E-state index contributed by atoms with van der Waals surface area (Å²) in [4.78, 5) is 31.0. The largest absolute Gasteiger partial charge is 0.497 e. The van der Waals surface area contributed by atoms with Gasteiger partial charge < -0.3 is 19.9 Å². The maximum atomic E-state index is 13.5. The van der Waals surface area contributed by atoms with Gasteiger partial charge in [0.1, 0.15) is 5.75 Å². The standard InChI is InChI=1S/C33H38BrN3O3/c1-40-29-9-5-6-26(22-29)23-31(38)35-30(27-7-3-2-4-8-27)14-18-36-19-15-33(16-20-36)17-21-37(32(33)39)24-25-10-12-28(34)13-11-25/h2-13,22,30H,14-21,23-24H2,1H3,(H,35,38). The molecule has 40 heavy (non-hydrogen) atoms. The van der Waals surface area contributed by atoms with Crippen molar-refractivity contribution in [3.63, 3.8) is 0 Å². The van der Waals surface area contributed by atoms with Crippen molar-refractivity contribution in [2.45, 2.75) is 44.7 Å². The van der Waals surface area contributed by atoms with Crippen molar-refractivity contribution in [1.82, 2.24) is 15.1 Å². The topological polar surface area (TPSA) is 61.9 Å². The van der Waals surface area contributed by atoms with E-state index in [1.165, 1.54) is 5.56 Å². The van der Waals surface area contributed by atoms with E-state index in [1.54, 1.807) is 7.11 Å². The molecule has 2 aliphatic rings. The zero-order chi connectivity index (χ0) is 28.0. The van der Waals surface area contributed by atoms with Gasteiger partial charge in [0.25, 0.3) is 0 Å². The zero-order valence-electron chi connectivity index (χ0n) is 23.2. The molecule has 210 valence electrons. The minimum Gasteiger partial charge on any atom is -0.497 e. The molecule has 2 aliphatic heterocycles. The Labute approximate surface area is 245 Å². The summed E-state index contributed by atoms with van der Waals surface area (Å²) < 4.78 is 6.36. The van der Waals surface area contributed by atoms with Gasteiger partial charge in [-0.2, -0.15) is 0 Å². The molecule has 2 heterocycles. The molecular weight excluding hydrogens is 566 g/mol. The number of carbonyl (C=O) groups excluding carboxylic acids is 2. The fraction of sp³-hybridized carbons (Fsp3) is 0.394. The van der Waals surface area contributed by atoms with E-state index < -0.39 is 0 Å². The van der Waals surface area contributed by atoms with Gasteiger partial charge in [0.15, 0.2) is 0 Å². The molecule has 0 bridgehead atoms. The van der Waals surface area contributed by atoms with Gasteiger partial charge in [-0.25, -0.2) is 0 Å². The molecule has 3 aromatic rings. The molecule has 0 aromatic heterocycles. The highest BCUT2D eigenvalue weighted by atomic mass is 79.9. The van der Waals surface area contributed by atoms with Crippen LogP contribution in [0.1, 0.15) is 48.4 Å². The molecule has 0 saturated carbocycles. The van der Waals surface area contributed by atoms with Crippen molar-refractivity contribution in [2.75, 3.05) is 33.3 Å². The molecule has 7 heteroatoms. The predicted octanol–water partition coefficient (Wildman–Crippen LogP) is 5.76. The van der Waals surface area contributed by atoms with Gasteiger partial charge in [0, 0.05) is 24.1 Å². The Morgan fingerprint density at radius 1 is 0.950 bits per heavy atom. The first-order valence-electron chi connectivity index (χ1n) is 14.2. The first-order valence-corrected chi connectivity index (χ1v) is 15.0. The quantitative estimate of drug-likeness (QED) is 0.320. The molecule has 1 atom stereocenters. The van der Waals surface area contributed by atoms with E-state index in [0.717, 1.165) is 73.2 Å². The number of piperidine rings is 1. The lowest BCUT2D eigenvalue weighted by Gasteiger charge is -2.38. The van der Waals surface area contributed by atoms with Crippen molar-refractivity contribution in [3.8, 4) is 5.75 Å². The van der Waals surface area contributed by atoms with E-state index >= 15 is 0 Å². The normalized spacial score (nSPS) is 17.6. The summed E-state index contributed by atoms with van der Waals surface area (Å²) in [6.07, 6.45) is 3.89. The minimum atomic E-state index is -0.213. The number of nitrogens with zero attached hydrogens (tertiary/aromatic N) is 2. The highest BCUT2D eigenvalue weighted by Crippen LogP contribution is 2.42. The summed E-state index contributed by atoms with van der Waals surface area (Å²) in [6, 6.07) is 26.0. The van der Waals surface area contributed by atoms with E-state index in [-0.39, 0.29) is 17.4 Å². The summed E-state index contributed by atoms with van der Waals surface area (Å²) in [7, 11) is 1.63. The van der Waals surface area contributed by atoms with Crippen LogP contribution < -0.4 is 10.1 Å². The lowest BCUT2D eigenvalue weighted by molar-refractivity contribution is -0.139. The number of hydrogen-bond donors (Lipinski definition) is 1. The lowest BCUT2D eigenvalue weighted by atomic mass is 9.77. The van der Waals surface area contributed by atoms with E-state index in [2.05, 4.69) is 50.4 Å². The Morgan fingerprint density at radius 3 is 2.40 bits per heavy atom. The fourth-order valence-electron chi connectivity index (χ4n) is 6.05. The van der Waals surface area contributed by atoms with Crippen LogP contribution in [0.25, 0.3) is 0 Å². The SMILES string of the molecule is COc1cccc(CC(=O)NC(CCN2CCC3(CC2)CCN(Cc2ccc(Br)cc2)C3=O)c2ccccc2)c1. The minimum absolute atomic E-state index is 0.00196. The van der Waals surface area contributed by atoms with Crippen LogP contribution >= 0.6 is 15.9 Å². The number of likely N-dealkylation sites (tertiary alicyclic amines) is 2. The van der Waals surface area contributed by atoms with Gasteiger partial charge in [0.05, 0.1) is 25.0 Å². The maximum Gasteiger partial charge on any atom is 0.229 e. The first-order chi connectivity index (χ1) is 19.4. The van der Waals surface area contributed by atoms with E-state index in [0.29, 0.717) is 18.9 Å². The van der Waals surface area contributed by atoms with Crippen LogP contribution in [0.15, 0.2) is 83.3 Å². The molecule has 1 unspecified atom stereocenters. The van der Waals surface area contributed by atoms with E-state index in [4.69, 9.17) is 4.74 Å². The van der Waals surface area contributed by atoms with Crippen LogP contribution in [0.5, 0.6) is 5.75 Å². The van der Waals surface area contributed by atoms with E-state index in [1.807, 2.05) is 59.5 Å². The monoisotopic (exact) mass is 603 g/mol. The van der Waals surface area contributed by atoms with Crippen LogP contribution in [-0.4, -0.2) is 54.9 Å². The zero-order valence-corrected chi connectivity index (χ0v) is 24.7. The summed E-state index contributed by atoms with van der Waals surface area (Å²) in [5.41, 5.74) is 3.01. The number of halogens is 1. The van der Waals surface area contributed by atoms with Crippen LogP contribution in [0.3, 0.4) is 0 Å². The Morgan fingerprint density at radius 2 is 1.68 bits per heavy atom. The molecule has 3 aromatic carbocycles. The van der Waals surface area contributed by atoms with Crippen LogP contribution in [0, 0.1) is 5.41 Å². The van der Waals surface area contributed by atoms with Crippen molar-refractivity contribution in [3.05, 3.63) is 100 Å². The van der Waals surface area contributed by atoms with E-state index in [9.17, 15) is 9.59 Å². The number of benzene rings is 3. The molecule has 1 spiro atoms. The number of amides is 2. The smallest absolute Gasteiger partial charge is 0.229 e. The number of ether oxygens (including phenoxy) is 1. The number of methoxy groups -OCH3 is 1. The Balaban J connectivity index is 1.15. The molecule has 2 fully saturated rings. The second-order valence-electron chi connectivity index (χ2n) is 11.1. The summed E-state index contributed by atoms with van der Waals surface area (Å²) >= 11 is 3.49. The highest BCUT2D eigenvalue weighted by Gasteiger charge is 2.47. The molecule has 2 saturated heterocycles. The summed E-state index contributed by atoms with van der Waals surface area (Å²) in [6.45, 7) is 4.23. The fourth-order valence-corrected chi connectivity index (χ4v) is 6.32. The molecule has 0 radical (unpaired) electrons. The maximum absolute atomic E-state index is 13.5. The highest BCUT2D eigenvalue weighted by molar-refractivity contribution is 9.10. The van der Waals surface area contributed by atoms with Gasteiger partial charge in [0.2, 0.25) is 11.8 Å². The third-order valence-corrected chi connectivity index (χ3v) is 9.00. The summed E-state index contributed by atoms with van der Waals surface area (Å²) in [5, 5.41) is 3.28. The number of nitrogens with one attached hydrogen (secondary N) is 1. The molecule has 1 N–H and O–H groups in total. The number of carbonyl (C=O) groups is 2. The molecule has 5 rings (SSSR count). The number of rotatable bonds is 10. The molecule has 6 nitrogen and oxygen atoms in total. The van der Waals surface area contributed by atoms with Crippen molar-refractivity contribution < 1.29 is 14.3 Å². The average Bonchev–Trinajstić information content (AvgIpc) is 3.27. The Kier molecular flexibility index (Phi) is 9.22. The first kappa shape index (κ1) is 28.4. The van der Waals surface area contributed by atoms with Crippen LogP contribution in [0.2, 0.25) is 0 Å². The molecule has 0 aliphatic carbocycles. The van der Waals surface area contributed by atoms with Crippen LogP contribution in [0.4, 0.5) is 0 Å². The summed E-state index contributed by atoms with van der Waals surface area (Å²) in [5.74, 6) is 1.08. The predicted molar refractivity (Wildman–Crippen MR) is 161 cm³/mol. The van der Waals surface area contributed by atoms with Crippen molar-refractivity contribution >= 4 is 27.7 Å². The van der Waals surface area contributed by atoms with Gasteiger partial charge in [-0.15, -0.1) is 0 Å². The van der Waals surface area contributed by atoms with Gasteiger partial charge >= 0.3 is 0 Å². The Bertz CT molecular complexity index is 1290. The van der Waals surface area contributed by atoms with Gasteiger partial charge in [-0.3, -0.25) is 9.59 Å². The van der Waals surface area contributed by atoms with Gasteiger partial charge in [-0.05, 0) is 79.7 Å². The van der Waals surface area contributed by atoms with Crippen LogP contribution in [-0.2, 0) is 22.6 Å². The number of hydrogen-bond acceptors (Lipinski definition) is 4. The molecular formula is C33H38BrN3O3. The van der Waals surface area contributed by atoms with Crippen molar-refractivity contribution in [2.24, 2.45) is 5.41 Å². The Hall–Kier alpha value is -3.16. The van der Waals surface area contributed by atoms with Crippen molar-refractivity contribution in [1.29, 1.82) is 0 Å². The second kappa shape index (κ2) is 13.0. The second-order valence-corrected chi connectivity index (χ2v) is 12.0. The third-order valence-electron chi connectivity index (χ3n) is 8.47. The molecule has 2 amide bonds. The lowest BCUT2D eigenvalue weighted by Crippen LogP contribution is -2.45. The third kappa shape index (κ3) is 6.94. The van der Waals surface area contributed by atoms with Gasteiger partial charge in [-0.1, -0.05) is 70.5 Å².